The quantitative estimate of drug-likeness (QED) is 0.526. The summed E-state index contributed by atoms with van der Waals surface area (Å²) in [6.45, 7) is 5.94. The molecule has 2 aliphatic rings. The van der Waals surface area contributed by atoms with Crippen molar-refractivity contribution in [3.05, 3.63) is 58.7 Å². The summed E-state index contributed by atoms with van der Waals surface area (Å²) in [5.41, 5.74) is 3.65. The number of benzene rings is 2. The fourth-order valence-electron chi connectivity index (χ4n) is 4.56. The van der Waals surface area contributed by atoms with E-state index in [0.29, 0.717) is 23.8 Å². The summed E-state index contributed by atoms with van der Waals surface area (Å²) in [7, 11) is 0. The number of Topliss-reactive ketones (excluding diaryl/α,β-unsaturated/α-hetero) is 1. The molecule has 0 radical (unpaired) electrons. The van der Waals surface area contributed by atoms with Crippen LogP contribution in [0.1, 0.15) is 97.7 Å². The number of rotatable bonds is 6. The maximum atomic E-state index is 13.1. The van der Waals surface area contributed by atoms with E-state index in [4.69, 9.17) is 0 Å². The van der Waals surface area contributed by atoms with Crippen LogP contribution in [-0.4, -0.2) is 16.0 Å². The lowest BCUT2D eigenvalue weighted by Gasteiger charge is -2.34. The van der Waals surface area contributed by atoms with Crippen LogP contribution in [0, 0.1) is 12.8 Å². The van der Waals surface area contributed by atoms with Gasteiger partial charge in [0.1, 0.15) is 11.5 Å². The average molecular weight is 395 g/mol. The predicted molar refractivity (Wildman–Crippen MR) is 118 cm³/mol. The van der Waals surface area contributed by atoms with Crippen LogP contribution in [0.5, 0.6) is 11.5 Å². The SMILES string of the molecule is CC.Cc1cc(C2CCC2)cc(O)c1C(=O)CC(c1ccc(O)cc1)C1CCC1. The van der Waals surface area contributed by atoms with Gasteiger partial charge in [0.2, 0.25) is 0 Å². The molecule has 0 saturated heterocycles. The van der Waals surface area contributed by atoms with Crippen molar-refractivity contribution in [3.63, 3.8) is 0 Å². The highest BCUT2D eigenvalue weighted by atomic mass is 16.3. The molecule has 3 heteroatoms. The van der Waals surface area contributed by atoms with Crippen molar-refractivity contribution in [2.24, 2.45) is 5.92 Å². The van der Waals surface area contributed by atoms with Crippen molar-refractivity contribution in [1.82, 2.24) is 0 Å². The van der Waals surface area contributed by atoms with Gasteiger partial charge < -0.3 is 10.2 Å². The maximum Gasteiger partial charge on any atom is 0.167 e. The zero-order valence-electron chi connectivity index (χ0n) is 17.9. The minimum absolute atomic E-state index is 0.0233. The lowest BCUT2D eigenvalue weighted by Crippen LogP contribution is -2.23. The second-order valence-electron chi connectivity index (χ2n) is 8.38. The average Bonchev–Trinajstić information content (AvgIpc) is 2.60. The highest BCUT2D eigenvalue weighted by Crippen LogP contribution is 2.43. The van der Waals surface area contributed by atoms with Crippen LogP contribution in [0.15, 0.2) is 36.4 Å². The summed E-state index contributed by atoms with van der Waals surface area (Å²) in [6.07, 6.45) is 7.52. The highest BCUT2D eigenvalue weighted by Gasteiger charge is 2.32. The summed E-state index contributed by atoms with van der Waals surface area (Å²) in [6, 6.07) is 11.2. The molecule has 156 valence electrons. The van der Waals surface area contributed by atoms with Gasteiger partial charge in [-0.2, -0.15) is 0 Å². The first-order chi connectivity index (χ1) is 14.0. The van der Waals surface area contributed by atoms with Gasteiger partial charge in [0, 0.05) is 6.42 Å². The number of aryl methyl sites for hydroxylation is 1. The minimum Gasteiger partial charge on any atom is -0.508 e. The molecule has 1 atom stereocenters. The molecule has 0 aliphatic heterocycles. The molecule has 2 aromatic carbocycles. The zero-order chi connectivity index (χ0) is 21.0. The summed E-state index contributed by atoms with van der Waals surface area (Å²) in [4.78, 5) is 13.1. The van der Waals surface area contributed by atoms with E-state index >= 15 is 0 Å². The summed E-state index contributed by atoms with van der Waals surface area (Å²) in [5, 5.41) is 20.2. The number of carbonyl (C=O) groups excluding carboxylic acids is 1. The first-order valence-electron chi connectivity index (χ1n) is 11.2. The van der Waals surface area contributed by atoms with E-state index in [1.54, 1.807) is 12.1 Å². The van der Waals surface area contributed by atoms with Gasteiger partial charge in [-0.05, 0) is 85.3 Å². The number of aromatic hydroxyl groups is 2. The van der Waals surface area contributed by atoms with Crippen LogP contribution >= 0.6 is 0 Å². The van der Waals surface area contributed by atoms with Crippen LogP contribution < -0.4 is 0 Å². The molecule has 0 amide bonds. The van der Waals surface area contributed by atoms with Crippen molar-refractivity contribution in [3.8, 4) is 11.5 Å². The Kier molecular flexibility index (Phi) is 7.00. The first-order valence-corrected chi connectivity index (χ1v) is 11.2. The second-order valence-corrected chi connectivity index (χ2v) is 8.38. The van der Waals surface area contributed by atoms with E-state index in [1.165, 1.54) is 31.2 Å². The van der Waals surface area contributed by atoms with Gasteiger partial charge in [0.05, 0.1) is 5.56 Å². The van der Waals surface area contributed by atoms with Gasteiger partial charge in [-0.1, -0.05) is 44.9 Å². The lowest BCUT2D eigenvalue weighted by atomic mass is 9.70. The third-order valence-electron chi connectivity index (χ3n) is 6.64. The molecule has 2 saturated carbocycles. The molecule has 2 N–H and O–H groups in total. The number of carbonyl (C=O) groups is 1. The number of phenols is 2. The monoisotopic (exact) mass is 394 g/mol. The number of hydrogen-bond donors (Lipinski definition) is 2. The molecule has 2 aromatic rings. The molecule has 1 unspecified atom stereocenters. The molecule has 4 rings (SSSR count). The minimum atomic E-state index is 0.0233. The Balaban J connectivity index is 0.00000117. The van der Waals surface area contributed by atoms with Gasteiger partial charge in [-0.3, -0.25) is 4.79 Å². The van der Waals surface area contributed by atoms with Gasteiger partial charge in [0.25, 0.3) is 0 Å². The normalized spacial score (nSPS) is 17.5. The van der Waals surface area contributed by atoms with E-state index in [1.807, 2.05) is 39.0 Å². The third-order valence-corrected chi connectivity index (χ3v) is 6.64. The lowest BCUT2D eigenvalue weighted by molar-refractivity contribution is 0.0947. The van der Waals surface area contributed by atoms with Crippen molar-refractivity contribution in [1.29, 1.82) is 0 Å². The topological polar surface area (TPSA) is 57.5 Å². The second kappa shape index (κ2) is 9.47. The Labute approximate surface area is 174 Å². The molecular weight excluding hydrogens is 360 g/mol. The van der Waals surface area contributed by atoms with Crippen LogP contribution in [0.3, 0.4) is 0 Å². The molecule has 0 bridgehead atoms. The maximum absolute atomic E-state index is 13.1. The van der Waals surface area contributed by atoms with Crippen molar-refractivity contribution >= 4 is 5.78 Å². The fraction of sp³-hybridized carbons (Fsp3) is 0.500. The number of ketones is 1. The van der Waals surface area contributed by atoms with E-state index in [2.05, 4.69) is 6.07 Å². The smallest absolute Gasteiger partial charge is 0.167 e. The molecule has 0 aromatic heterocycles. The van der Waals surface area contributed by atoms with E-state index in [9.17, 15) is 15.0 Å². The van der Waals surface area contributed by atoms with Crippen molar-refractivity contribution < 1.29 is 15.0 Å². The Morgan fingerprint density at radius 1 is 1.00 bits per heavy atom. The summed E-state index contributed by atoms with van der Waals surface area (Å²) < 4.78 is 0. The summed E-state index contributed by atoms with van der Waals surface area (Å²) >= 11 is 0. The van der Waals surface area contributed by atoms with E-state index < -0.39 is 0 Å². The Morgan fingerprint density at radius 2 is 1.62 bits per heavy atom. The van der Waals surface area contributed by atoms with Crippen molar-refractivity contribution in [2.75, 3.05) is 0 Å². The van der Waals surface area contributed by atoms with E-state index in [0.717, 1.165) is 24.0 Å². The molecule has 29 heavy (non-hydrogen) atoms. The number of phenolic OH excluding ortho intramolecular Hbond substituents is 2. The van der Waals surface area contributed by atoms with Crippen LogP contribution in [0.2, 0.25) is 0 Å². The standard InChI is InChI=1S/C24H28O3.C2H6/c1-15-12-19(16-4-2-5-16)13-22(26)24(15)23(27)14-21(17-6-3-7-17)18-8-10-20(25)11-9-18;1-2/h8-13,16-17,21,25-26H,2-7,14H2,1H3;1-2H3. The Morgan fingerprint density at radius 3 is 2.10 bits per heavy atom. The largest absolute Gasteiger partial charge is 0.508 e. The third kappa shape index (κ3) is 4.66. The Hall–Kier alpha value is -2.29. The van der Waals surface area contributed by atoms with Gasteiger partial charge in [-0.25, -0.2) is 0 Å². The molecule has 0 spiro atoms. The predicted octanol–water partition coefficient (Wildman–Crippen LogP) is 6.86. The van der Waals surface area contributed by atoms with Gasteiger partial charge in [-0.15, -0.1) is 0 Å². The van der Waals surface area contributed by atoms with Crippen LogP contribution in [-0.2, 0) is 0 Å². The molecule has 2 aliphatic carbocycles. The molecule has 2 fully saturated rings. The Bertz CT molecular complexity index is 807. The van der Waals surface area contributed by atoms with Gasteiger partial charge >= 0.3 is 0 Å². The molecule has 0 heterocycles. The number of hydrogen-bond acceptors (Lipinski definition) is 3. The molecule has 3 nitrogen and oxygen atoms in total. The van der Waals surface area contributed by atoms with Crippen LogP contribution in [0.4, 0.5) is 0 Å². The zero-order valence-corrected chi connectivity index (χ0v) is 17.9. The van der Waals surface area contributed by atoms with Gasteiger partial charge in [0.15, 0.2) is 5.78 Å². The van der Waals surface area contributed by atoms with Crippen LogP contribution in [0.25, 0.3) is 0 Å². The van der Waals surface area contributed by atoms with Crippen molar-refractivity contribution in [2.45, 2.75) is 77.6 Å². The summed E-state index contributed by atoms with van der Waals surface area (Å²) in [5.74, 6) is 1.61. The molecular formula is C26H34O3. The fourth-order valence-corrected chi connectivity index (χ4v) is 4.56. The first kappa shape index (κ1) is 21.4. The highest BCUT2D eigenvalue weighted by molar-refractivity contribution is 6.00. The van der Waals surface area contributed by atoms with E-state index in [-0.39, 0.29) is 23.2 Å².